The van der Waals surface area contributed by atoms with Crippen LogP contribution in [0.25, 0.3) is 0 Å². The molecule has 0 bridgehead atoms. The third kappa shape index (κ3) is 6.13. The maximum atomic E-state index is 5.66. The highest BCUT2D eigenvalue weighted by molar-refractivity contribution is 7.99. The van der Waals surface area contributed by atoms with Crippen LogP contribution in [0.4, 0.5) is 0 Å². The van der Waals surface area contributed by atoms with Crippen molar-refractivity contribution in [2.24, 2.45) is 5.92 Å². The first kappa shape index (κ1) is 12.9. The first-order valence-corrected chi connectivity index (χ1v) is 6.74. The topological polar surface area (TPSA) is 25.2 Å². The van der Waals surface area contributed by atoms with Gasteiger partial charge in [-0.25, -0.2) is 0 Å². The minimum Gasteiger partial charge on any atom is -0.448 e. The van der Waals surface area contributed by atoms with Crippen LogP contribution in [0.3, 0.4) is 0 Å². The van der Waals surface area contributed by atoms with Crippen molar-refractivity contribution in [3.63, 3.8) is 0 Å². The van der Waals surface area contributed by atoms with Gasteiger partial charge in [0.2, 0.25) is 0 Å². The van der Waals surface area contributed by atoms with Crippen molar-refractivity contribution >= 4 is 23.4 Å². The highest BCUT2D eigenvalue weighted by Crippen LogP contribution is 2.12. The Bertz CT molecular complexity index is 275. The van der Waals surface area contributed by atoms with Gasteiger partial charge in [-0.2, -0.15) is 11.8 Å². The van der Waals surface area contributed by atoms with Gasteiger partial charge in [0, 0.05) is 12.3 Å². The number of halogens is 1. The second-order valence-electron chi connectivity index (χ2n) is 3.85. The summed E-state index contributed by atoms with van der Waals surface area (Å²) in [7, 11) is 0. The number of furan rings is 1. The Morgan fingerprint density at radius 2 is 2.27 bits per heavy atom. The van der Waals surface area contributed by atoms with Crippen LogP contribution in [0, 0.1) is 5.92 Å². The molecule has 0 aliphatic rings. The minimum atomic E-state index is 0.459. The van der Waals surface area contributed by atoms with Gasteiger partial charge in [-0.1, -0.05) is 13.8 Å². The standard InChI is InChI=1S/C11H18ClNOS/c1-9(2)8-15-6-5-13-7-10-3-4-11(12)14-10/h3-4,9,13H,5-8H2,1-2H3. The van der Waals surface area contributed by atoms with Crippen LogP contribution >= 0.6 is 23.4 Å². The number of thioether (sulfide) groups is 1. The molecule has 1 heterocycles. The van der Waals surface area contributed by atoms with Gasteiger partial charge in [-0.15, -0.1) is 0 Å². The molecule has 0 aromatic carbocycles. The SMILES string of the molecule is CC(C)CSCCNCc1ccc(Cl)o1. The lowest BCUT2D eigenvalue weighted by Crippen LogP contribution is -2.16. The minimum absolute atomic E-state index is 0.459. The maximum absolute atomic E-state index is 5.66. The molecule has 1 aromatic heterocycles. The maximum Gasteiger partial charge on any atom is 0.193 e. The summed E-state index contributed by atoms with van der Waals surface area (Å²) in [5.74, 6) is 4.05. The molecule has 1 aromatic rings. The van der Waals surface area contributed by atoms with Crippen molar-refractivity contribution in [3.8, 4) is 0 Å². The molecule has 15 heavy (non-hydrogen) atoms. The number of rotatable bonds is 7. The molecule has 0 saturated heterocycles. The highest BCUT2D eigenvalue weighted by Gasteiger charge is 1.98. The molecule has 0 unspecified atom stereocenters. The van der Waals surface area contributed by atoms with Crippen LogP contribution in [-0.4, -0.2) is 18.1 Å². The Hall–Kier alpha value is -0.120. The molecule has 86 valence electrons. The zero-order valence-corrected chi connectivity index (χ0v) is 10.8. The van der Waals surface area contributed by atoms with E-state index in [1.54, 1.807) is 6.07 Å². The van der Waals surface area contributed by atoms with Crippen LogP contribution in [-0.2, 0) is 6.54 Å². The summed E-state index contributed by atoms with van der Waals surface area (Å²) in [4.78, 5) is 0. The zero-order chi connectivity index (χ0) is 11.1. The van der Waals surface area contributed by atoms with Crippen LogP contribution in [0.5, 0.6) is 0 Å². The highest BCUT2D eigenvalue weighted by atomic mass is 35.5. The lowest BCUT2D eigenvalue weighted by molar-refractivity contribution is 0.489. The first-order valence-electron chi connectivity index (χ1n) is 5.21. The van der Waals surface area contributed by atoms with Gasteiger partial charge >= 0.3 is 0 Å². The van der Waals surface area contributed by atoms with Gasteiger partial charge in [0.05, 0.1) is 6.54 Å². The quantitative estimate of drug-likeness (QED) is 0.748. The molecule has 2 nitrogen and oxygen atoms in total. The summed E-state index contributed by atoms with van der Waals surface area (Å²) >= 11 is 7.64. The van der Waals surface area contributed by atoms with Crippen molar-refractivity contribution in [3.05, 3.63) is 23.1 Å². The summed E-state index contributed by atoms with van der Waals surface area (Å²) in [6.07, 6.45) is 0. The Balaban J connectivity index is 1.98. The van der Waals surface area contributed by atoms with E-state index in [2.05, 4.69) is 19.2 Å². The molecule has 1 rings (SSSR count). The van der Waals surface area contributed by atoms with E-state index in [0.717, 1.165) is 30.5 Å². The molecule has 1 N–H and O–H groups in total. The Morgan fingerprint density at radius 1 is 1.47 bits per heavy atom. The van der Waals surface area contributed by atoms with Crippen molar-refractivity contribution < 1.29 is 4.42 Å². The first-order chi connectivity index (χ1) is 7.18. The third-order valence-corrected chi connectivity index (χ3v) is 3.40. The smallest absolute Gasteiger partial charge is 0.193 e. The largest absolute Gasteiger partial charge is 0.448 e. The molecule has 0 radical (unpaired) electrons. The van der Waals surface area contributed by atoms with E-state index >= 15 is 0 Å². The monoisotopic (exact) mass is 247 g/mol. The fourth-order valence-electron chi connectivity index (χ4n) is 1.12. The van der Waals surface area contributed by atoms with E-state index in [1.165, 1.54) is 5.75 Å². The predicted molar refractivity (Wildman–Crippen MR) is 67.6 cm³/mol. The average Bonchev–Trinajstić information content (AvgIpc) is 2.57. The molecule has 0 aliphatic carbocycles. The second-order valence-corrected chi connectivity index (χ2v) is 5.37. The van der Waals surface area contributed by atoms with Crippen molar-refractivity contribution in [1.82, 2.24) is 5.32 Å². The number of hydrogen-bond acceptors (Lipinski definition) is 3. The predicted octanol–water partition coefficient (Wildman–Crippen LogP) is 3.41. The number of nitrogens with one attached hydrogen (secondary N) is 1. The molecule has 4 heteroatoms. The van der Waals surface area contributed by atoms with E-state index in [-0.39, 0.29) is 0 Å². The van der Waals surface area contributed by atoms with Gasteiger partial charge in [0.15, 0.2) is 5.22 Å². The van der Waals surface area contributed by atoms with Crippen LogP contribution < -0.4 is 5.32 Å². The molecule has 0 spiro atoms. The summed E-state index contributed by atoms with van der Waals surface area (Å²) in [5.41, 5.74) is 0. The molecular formula is C11H18ClNOS. The van der Waals surface area contributed by atoms with Gasteiger partial charge in [0.25, 0.3) is 0 Å². The van der Waals surface area contributed by atoms with Crippen molar-refractivity contribution in [2.45, 2.75) is 20.4 Å². The number of hydrogen-bond donors (Lipinski definition) is 1. The normalized spacial score (nSPS) is 11.2. The zero-order valence-electron chi connectivity index (χ0n) is 9.25. The van der Waals surface area contributed by atoms with E-state index in [9.17, 15) is 0 Å². The van der Waals surface area contributed by atoms with Crippen LogP contribution in [0.15, 0.2) is 16.5 Å². The Labute approximate surface area is 101 Å². The van der Waals surface area contributed by atoms with Crippen LogP contribution in [0.1, 0.15) is 19.6 Å². The Kier molecular flexibility index (Phi) is 6.22. The van der Waals surface area contributed by atoms with E-state index in [1.807, 2.05) is 17.8 Å². The molecule has 0 saturated carbocycles. The average molecular weight is 248 g/mol. The summed E-state index contributed by atoms with van der Waals surface area (Å²) in [6.45, 7) is 6.25. The van der Waals surface area contributed by atoms with E-state index < -0.39 is 0 Å². The fourth-order valence-corrected chi connectivity index (χ4v) is 2.21. The lowest BCUT2D eigenvalue weighted by Gasteiger charge is -2.04. The van der Waals surface area contributed by atoms with Gasteiger partial charge in [0.1, 0.15) is 5.76 Å². The second kappa shape index (κ2) is 7.20. The molecule has 0 fully saturated rings. The summed E-state index contributed by atoms with van der Waals surface area (Å²) in [5, 5.41) is 3.77. The molecule has 0 atom stereocenters. The van der Waals surface area contributed by atoms with Gasteiger partial charge in [-0.3, -0.25) is 0 Å². The van der Waals surface area contributed by atoms with Gasteiger partial charge in [-0.05, 0) is 35.4 Å². The summed E-state index contributed by atoms with van der Waals surface area (Å²) < 4.78 is 5.22. The Morgan fingerprint density at radius 3 is 2.87 bits per heavy atom. The van der Waals surface area contributed by atoms with Crippen molar-refractivity contribution in [1.29, 1.82) is 0 Å². The third-order valence-electron chi connectivity index (χ3n) is 1.80. The molecular weight excluding hydrogens is 230 g/mol. The lowest BCUT2D eigenvalue weighted by atomic mass is 10.3. The van der Waals surface area contributed by atoms with E-state index in [0.29, 0.717) is 5.22 Å². The van der Waals surface area contributed by atoms with E-state index in [4.69, 9.17) is 16.0 Å². The molecule has 0 amide bonds. The van der Waals surface area contributed by atoms with Gasteiger partial charge < -0.3 is 9.73 Å². The molecule has 0 aliphatic heterocycles. The van der Waals surface area contributed by atoms with Crippen molar-refractivity contribution in [2.75, 3.05) is 18.1 Å². The van der Waals surface area contributed by atoms with Crippen LogP contribution in [0.2, 0.25) is 5.22 Å². The fraction of sp³-hybridized carbons (Fsp3) is 0.636. The summed E-state index contributed by atoms with van der Waals surface area (Å²) in [6, 6.07) is 3.67.